The Hall–Kier alpha value is -1.08. The molecule has 0 spiro atoms. The van der Waals surface area contributed by atoms with Crippen molar-refractivity contribution in [2.75, 3.05) is 0 Å². The van der Waals surface area contributed by atoms with Crippen molar-refractivity contribution >= 4 is 0 Å². The fourth-order valence-corrected chi connectivity index (χ4v) is 1.26. The Morgan fingerprint density at radius 3 is 2.38 bits per heavy atom. The predicted octanol–water partition coefficient (Wildman–Crippen LogP) is 2.76. The van der Waals surface area contributed by atoms with Crippen LogP contribution < -0.4 is 0 Å². The summed E-state index contributed by atoms with van der Waals surface area (Å²) >= 11 is 0. The summed E-state index contributed by atoms with van der Waals surface area (Å²) in [5.41, 5.74) is 1.45. The maximum atomic E-state index is 3.71. The van der Waals surface area contributed by atoms with E-state index in [1.54, 1.807) is 0 Å². The van der Waals surface area contributed by atoms with Crippen LogP contribution in [0, 0.1) is 0 Å². The topological polar surface area (TPSA) is 31.5 Å². The van der Waals surface area contributed by atoms with Crippen molar-refractivity contribution in [3.05, 3.63) is 48.6 Å². The first-order valence-electron chi connectivity index (χ1n) is 4.58. The zero-order chi connectivity index (χ0) is 8.65. The molecule has 72 valence electrons. The van der Waals surface area contributed by atoms with Crippen molar-refractivity contribution in [3.8, 4) is 0 Å². The second kappa shape index (κ2) is 7.56. The second-order valence-electron chi connectivity index (χ2n) is 3.02. The van der Waals surface area contributed by atoms with Gasteiger partial charge in [-0.15, -0.1) is 6.58 Å². The summed E-state index contributed by atoms with van der Waals surface area (Å²) in [4.78, 5) is 0. The molecule has 0 saturated heterocycles. The zero-order valence-corrected chi connectivity index (χ0v) is 8.00. The second-order valence-corrected chi connectivity index (χ2v) is 3.02. The predicted molar refractivity (Wildman–Crippen MR) is 57.8 cm³/mol. The Kier molecular flexibility index (Phi) is 6.93. The van der Waals surface area contributed by atoms with E-state index in [9.17, 15) is 0 Å². The molecular formula is C12H18O. The lowest BCUT2D eigenvalue weighted by molar-refractivity contribution is 0.748. The zero-order valence-electron chi connectivity index (χ0n) is 8.00. The van der Waals surface area contributed by atoms with Gasteiger partial charge in [0, 0.05) is 0 Å². The van der Waals surface area contributed by atoms with Crippen LogP contribution in [0.25, 0.3) is 0 Å². The number of allylic oxidation sites excluding steroid dienone is 1. The van der Waals surface area contributed by atoms with Gasteiger partial charge in [-0.25, -0.2) is 0 Å². The summed E-state index contributed by atoms with van der Waals surface area (Å²) in [6, 6.07) is 10.6. The van der Waals surface area contributed by atoms with Crippen LogP contribution in [-0.4, -0.2) is 5.48 Å². The summed E-state index contributed by atoms with van der Waals surface area (Å²) < 4.78 is 0. The van der Waals surface area contributed by atoms with Crippen LogP contribution in [0.15, 0.2) is 43.0 Å². The van der Waals surface area contributed by atoms with Gasteiger partial charge in [0.25, 0.3) is 0 Å². The molecule has 0 unspecified atom stereocenters. The van der Waals surface area contributed by atoms with Crippen LogP contribution >= 0.6 is 0 Å². The molecule has 1 rings (SSSR count). The van der Waals surface area contributed by atoms with Crippen LogP contribution in [0.5, 0.6) is 0 Å². The summed E-state index contributed by atoms with van der Waals surface area (Å²) in [7, 11) is 0. The van der Waals surface area contributed by atoms with Gasteiger partial charge in [-0.2, -0.15) is 0 Å². The van der Waals surface area contributed by atoms with Gasteiger partial charge in [-0.3, -0.25) is 0 Å². The van der Waals surface area contributed by atoms with Crippen molar-refractivity contribution < 1.29 is 5.48 Å². The first-order chi connectivity index (χ1) is 5.93. The summed E-state index contributed by atoms with van der Waals surface area (Å²) in [6.45, 7) is 3.71. The Labute approximate surface area is 80.4 Å². The minimum atomic E-state index is 0. The first-order valence-corrected chi connectivity index (χ1v) is 4.58. The molecule has 1 nitrogen and oxygen atoms in total. The highest BCUT2D eigenvalue weighted by Gasteiger charge is 1.89. The third-order valence-corrected chi connectivity index (χ3v) is 1.97. The molecule has 1 aromatic carbocycles. The Bertz CT molecular complexity index is 216. The van der Waals surface area contributed by atoms with Crippen molar-refractivity contribution in [2.45, 2.75) is 25.7 Å². The van der Waals surface area contributed by atoms with Crippen LogP contribution in [0.1, 0.15) is 24.8 Å². The van der Waals surface area contributed by atoms with E-state index in [1.165, 1.54) is 24.8 Å². The van der Waals surface area contributed by atoms with Crippen LogP contribution in [-0.2, 0) is 6.42 Å². The fraction of sp³-hybridized carbons (Fsp3) is 0.333. The average molecular weight is 178 g/mol. The molecule has 13 heavy (non-hydrogen) atoms. The molecule has 0 fully saturated rings. The molecule has 0 aromatic heterocycles. The van der Waals surface area contributed by atoms with E-state index in [0.717, 1.165) is 6.42 Å². The molecule has 0 radical (unpaired) electrons. The molecule has 1 heteroatoms. The monoisotopic (exact) mass is 178 g/mol. The Balaban J connectivity index is 0.00000144. The van der Waals surface area contributed by atoms with Gasteiger partial charge < -0.3 is 5.48 Å². The lowest BCUT2D eigenvalue weighted by Crippen LogP contribution is -1.83. The third-order valence-electron chi connectivity index (χ3n) is 1.97. The van der Waals surface area contributed by atoms with Gasteiger partial charge in [-0.05, 0) is 31.2 Å². The standard InChI is InChI=1S/C12H16.H2O/c1-2-3-4-6-9-12-10-7-5-8-11-12;/h2,5,7-8,10-11H,1,3-4,6,9H2;1H2. The molecule has 0 aliphatic carbocycles. The van der Waals surface area contributed by atoms with Gasteiger partial charge in [0.1, 0.15) is 0 Å². The maximum absolute atomic E-state index is 3.71. The number of aryl methyl sites for hydroxylation is 1. The minimum absolute atomic E-state index is 0. The van der Waals surface area contributed by atoms with Gasteiger partial charge in [0.05, 0.1) is 0 Å². The molecule has 0 heterocycles. The van der Waals surface area contributed by atoms with E-state index in [4.69, 9.17) is 0 Å². The highest BCUT2D eigenvalue weighted by Crippen LogP contribution is 2.05. The largest absolute Gasteiger partial charge is 0.412 e. The van der Waals surface area contributed by atoms with E-state index < -0.39 is 0 Å². The normalized spacial score (nSPS) is 8.92. The highest BCUT2D eigenvalue weighted by molar-refractivity contribution is 5.14. The first kappa shape index (κ1) is 11.9. The van der Waals surface area contributed by atoms with Gasteiger partial charge in [0.2, 0.25) is 0 Å². The molecule has 0 amide bonds. The quantitative estimate of drug-likeness (QED) is 0.490. The van der Waals surface area contributed by atoms with E-state index in [1.807, 2.05) is 6.08 Å². The Morgan fingerprint density at radius 1 is 1.08 bits per heavy atom. The van der Waals surface area contributed by atoms with Crippen molar-refractivity contribution in [1.82, 2.24) is 0 Å². The Morgan fingerprint density at radius 2 is 1.77 bits per heavy atom. The van der Waals surface area contributed by atoms with E-state index in [-0.39, 0.29) is 5.48 Å². The van der Waals surface area contributed by atoms with E-state index in [2.05, 4.69) is 36.9 Å². The smallest absolute Gasteiger partial charge is 0.0279 e. The molecule has 0 bridgehead atoms. The number of rotatable bonds is 5. The average Bonchev–Trinajstić information content (AvgIpc) is 2.14. The highest BCUT2D eigenvalue weighted by atomic mass is 16.0. The molecule has 0 aliphatic heterocycles. The van der Waals surface area contributed by atoms with E-state index in [0.29, 0.717) is 0 Å². The number of benzene rings is 1. The minimum Gasteiger partial charge on any atom is -0.412 e. The molecule has 2 N–H and O–H groups in total. The lowest BCUT2D eigenvalue weighted by Gasteiger charge is -1.98. The number of hydrogen-bond acceptors (Lipinski definition) is 0. The molecule has 1 aromatic rings. The van der Waals surface area contributed by atoms with Crippen LogP contribution in [0.3, 0.4) is 0 Å². The maximum Gasteiger partial charge on any atom is -0.0279 e. The molecule has 0 saturated carbocycles. The van der Waals surface area contributed by atoms with Crippen molar-refractivity contribution in [3.63, 3.8) is 0 Å². The SMILES string of the molecule is C=CCCCCc1ccccc1.O. The lowest BCUT2D eigenvalue weighted by atomic mass is 10.1. The van der Waals surface area contributed by atoms with Crippen molar-refractivity contribution in [1.29, 1.82) is 0 Å². The molecular weight excluding hydrogens is 160 g/mol. The van der Waals surface area contributed by atoms with Gasteiger partial charge in [-0.1, -0.05) is 36.4 Å². The van der Waals surface area contributed by atoms with Gasteiger partial charge >= 0.3 is 0 Å². The summed E-state index contributed by atoms with van der Waals surface area (Å²) in [5.74, 6) is 0. The molecule has 0 atom stereocenters. The van der Waals surface area contributed by atoms with Gasteiger partial charge in [0.15, 0.2) is 0 Å². The fourth-order valence-electron chi connectivity index (χ4n) is 1.26. The summed E-state index contributed by atoms with van der Waals surface area (Å²) in [5, 5.41) is 0. The number of unbranched alkanes of at least 4 members (excludes halogenated alkanes) is 2. The molecule has 0 aliphatic rings. The third kappa shape index (κ3) is 5.21. The van der Waals surface area contributed by atoms with Crippen molar-refractivity contribution in [2.24, 2.45) is 0 Å². The van der Waals surface area contributed by atoms with Crippen LogP contribution in [0.4, 0.5) is 0 Å². The summed E-state index contributed by atoms with van der Waals surface area (Å²) in [6.07, 6.45) is 6.88. The van der Waals surface area contributed by atoms with Crippen LogP contribution in [0.2, 0.25) is 0 Å². The number of hydrogen-bond donors (Lipinski definition) is 0. The van der Waals surface area contributed by atoms with E-state index >= 15 is 0 Å².